The SMILES string of the molecule is C#C.C=C/C(NC(=C1CC1)c1nc(-c2cccc(OC)c2F)ccc1N)=C(\C=C/C)N1CCCCC1. The van der Waals surface area contributed by atoms with E-state index >= 15 is 0 Å². The normalized spacial score (nSPS) is 15.5. The lowest BCUT2D eigenvalue weighted by Crippen LogP contribution is -2.31. The average Bonchev–Trinajstić information content (AvgIpc) is 3.76. The van der Waals surface area contributed by atoms with Crippen LogP contribution in [0.4, 0.5) is 10.1 Å². The number of pyridine rings is 1. The van der Waals surface area contributed by atoms with E-state index in [1.54, 1.807) is 30.3 Å². The van der Waals surface area contributed by atoms with E-state index in [2.05, 4.69) is 41.8 Å². The van der Waals surface area contributed by atoms with Crippen LogP contribution in [0.3, 0.4) is 0 Å². The third kappa shape index (κ3) is 5.98. The molecule has 2 heterocycles. The summed E-state index contributed by atoms with van der Waals surface area (Å²) in [5.41, 5.74) is 12.6. The number of likely N-dealkylation sites (tertiary alicyclic amines) is 1. The zero-order valence-electron chi connectivity index (χ0n) is 21.2. The predicted octanol–water partition coefficient (Wildman–Crippen LogP) is 6.28. The van der Waals surface area contributed by atoms with Gasteiger partial charge in [0.05, 0.1) is 35.6 Å². The van der Waals surface area contributed by atoms with Crippen molar-refractivity contribution in [2.75, 3.05) is 25.9 Å². The van der Waals surface area contributed by atoms with Crippen molar-refractivity contribution in [1.82, 2.24) is 15.2 Å². The molecule has 1 aliphatic carbocycles. The fraction of sp³-hybridized carbons (Fsp3) is 0.300. The van der Waals surface area contributed by atoms with Crippen LogP contribution in [0.1, 0.15) is 44.7 Å². The largest absolute Gasteiger partial charge is 0.494 e. The van der Waals surface area contributed by atoms with Gasteiger partial charge in [0, 0.05) is 18.7 Å². The third-order valence-corrected chi connectivity index (χ3v) is 6.24. The maximum absolute atomic E-state index is 15.0. The summed E-state index contributed by atoms with van der Waals surface area (Å²) in [5.74, 6) is -0.250. The first kappa shape index (κ1) is 26.6. The minimum Gasteiger partial charge on any atom is -0.494 e. The van der Waals surface area contributed by atoms with Crippen molar-refractivity contribution in [2.24, 2.45) is 0 Å². The smallest absolute Gasteiger partial charge is 0.174 e. The summed E-state index contributed by atoms with van der Waals surface area (Å²) >= 11 is 0. The Morgan fingerprint density at radius 3 is 2.50 bits per heavy atom. The molecule has 0 spiro atoms. The molecule has 0 unspecified atom stereocenters. The minimum absolute atomic E-state index is 0.186. The second-order valence-electron chi connectivity index (χ2n) is 8.61. The highest BCUT2D eigenvalue weighted by Gasteiger charge is 2.24. The van der Waals surface area contributed by atoms with Gasteiger partial charge in [0.2, 0.25) is 0 Å². The fourth-order valence-electron chi connectivity index (χ4n) is 4.33. The molecule has 1 aromatic heterocycles. The van der Waals surface area contributed by atoms with E-state index in [1.807, 2.05) is 13.0 Å². The van der Waals surface area contributed by atoms with Crippen LogP contribution >= 0.6 is 0 Å². The van der Waals surface area contributed by atoms with Crippen molar-refractivity contribution >= 4 is 11.4 Å². The van der Waals surface area contributed by atoms with E-state index in [0.717, 1.165) is 43.0 Å². The highest BCUT2D eigenvalue weighted by atomic mass is 19.1. The second kappa shape index (κ2) is 12.6. The summed E-state index contributed by atoms with van der Waals surface area (Å²) in [4.78, 5) is 7.22. The van der Waals surface area contributed by atoms with E-state index in [4.69, 9.17) is 15.5 Å². The van der Waals surface area contributed by atoms with Crippen molar-refractivity contribution in [3.05, 3.63) is 83.6 Å². The molecule has 1 saturated carbocycles. The van der Waals surface area contributed by atoms with Gasteiger partial charge in [-0.3, -0.25) is 0 Å². The van der Waals surface area contributed by atoms with E-state index in [0.29, 0.717) is 22.6 Å². The topological polar surface area (TPSA) is 63.4 Å². The van der Waals surface area contributed by atoms with E-state index in [1.165, 1.54) is 31.9 Å². The van der Waals surface area contributed by atoms with Crippen LogP contribution in [0.2, 0.25) is 0 Å². The summed E-state index contributed by atoms with van der Waals surface area (Å²) in [5, 5.41) is 3.61. The van der Waals surface area contributed by atoms with Crippen LogP contribution in [-0.2, 0) is 0 Å². The third-order valence-electron chi connectivity index (χ3n) is 6.24. The van der Waals surface area contributed by atoms with Crippen molar-refractivity contribution in [3.63, 3.8) is 0 Å². The number of nitrogen functional groups attached to an aromatic ring is 1. The molecule has 36 heavy (non-hydrogen) atoms. The first-order chi connectivity index (χ1) is 17.6. The van der Waals surface area contributed by atoms with Crippen LogP contribution in [0.15, 0.2) is 72.1 Å². The van der Waals surface area contributed by atoms with Gasteiger partial charge >= 0.3 is 0 Å². The molecule has 1 aromatic carbocycles. The summed E-state index contributed by atoms with van der Waals surface area (Å²) in [6, 6.07) is 8.59. The van der Waals surface area contributed by atoms with Gasteiger partial charge in [-0.05, 0) is 81.0 Å². The Morgan fingerprint density at radius 1 is 1.17 bits per heavy atom. The zero-order valence-corrected chi connectivity index (χ0v) is 21.2. The molecule has 4 rings (SSSR count). The van der Waals surface area contributed by atoms with Crippen LogP contribution in [0, 0.1) is 18.7 Å². The maximum atomic E-state index is 15.0. The van der Waals surface area contributed by atoms with E-state index < -0.39 is 5.82 Å². The number of methoxy groups -OCH3 is 1. The number of ether oxygens (including phenoxy) is 1. The van der Waals surface area contributed by atoms with Gasteiger partial charge in [0.25, 0.3) is 0 Å². The number of nitrogens with two attached hydrogens (primary N) is 1. The Hall–Kier alpha value is -3.98. The quantitative estimate of drug-likeness (QED) is 0.340. The molecule has 0 amide bonds. The van der Waals surface area contributed by atoms with Crippen molar-refractivity contribution in [1.29, 1.82) is 0 Å². The summed E-state index contributed by atoms with van der Waals surface area (Å²) in [6.07, 6.45) is 19.6. The Bertz CT molecular complexity index is 1200. The Morgan fingerprint density at radius 2 is 1.89 bits per heavy atom. The number of hydrogen-bond acceptors (Lipinski definition) is 5. The van der Waals surface area contributed by atoms with Gasteiger partial charge in [-0.15, -0.1) is 12.8 Å². The number of nitrogens with zero attached hydrogens (tertiary/aromatic N) is 2. The number of benzene rings is 1. The fourth-order valence-corrected chi connectivity index (χ4v) is 4.33. The summed E-state index contributed by atoms with van der Waals surface area (Å²) in [6.45, 7) is 8.16. The molecule has 6 heteroatoms. The molecule has 2 fully saturated rings. The number of halogens is 1. The monoisotopic (exact) mass is 486 g/mol. The first-order valence-corrected chi connectivity index (χ1v) is 12.2. The second-order valence-corrected chi connectivity index (χ2v) is 8.61. The van der Waals surface area contributed by atoms with Crippen molar-refractivity contribution in [3.8, 4) is 29.9 Å². The summed E-state index contributed by atoms with van der Waals surface area (Å²) < 4.78 is 20.1. The lowest BCUT2D eigenvalue weighted by molar-refractivity contribution is 0.290. The molecular formula is C30H35FN4O. The highest BCUT2D eigenvalue weighted by molar-refractivity contribution is 5.79. The van der Waals surface area contributed by atoms with Gasteiger partial charge in [-0.25, -0.2) is 9.37 Å². The standard InChI is InChI=1S/C28H33FN4O.C2H2/c1-4-10-24(33-17-7-6-8-18-33)22(5-2)31-27(19-13-14-19)28-21(30)15-16-23(32-28)20-11-9-12-25(34-3)26(20)29;1-2/h4-5,9-12,15-16,31H,2,6-8,13-14,17-18,30H2,1,3H3;1-2H/b10-4-,24-22-;. The van der Waals surface area contributed by atoms with Gasteiger partial charge in [0.1, 0.15) is 5.69 Å². The molecular weight excluding hydrogens is 451 g/mol. The van der Waals surface area contributed by atoms with Gasteiger partial charge in [0.15, 0.2) is 11.6 Å². The molecule has 0 radical (unpaired) electrons. The molecule has 2 aliphatic rings. The van der Waals surface area contributed by atoms with E-state index in [9.17, 15) is 4.39 Å². The lowest BCUT2D eigenvalue weighted by Gasteiger charge is -2.31. The Labute approximate surface area is 214 Å². The van der Waals surface area contributed by atoms with Gasteiger partial charge < -0.3 is 20.7 Å². The van der Waals surface area contributed by atoms with Crippen molar-refractivity contribution < 1.29 is 9.13 Å². The number of terminal acetylenes is 1. The van der Waals surface area contributed by atoms with Crippen LogP contribution in [0.25, 0.3) is 17.0 Å². The number of aromatic nitrogens is 1. The first-order valence-electron chi connectivity index (χ1n) is 12.2. The van der Waals surface area contributed by atoms with E-state index in [-0.39, 0.29) is 5.75 Å². The maximum Gasteiger partial charge on any atom is 0.174 e. The number of anilines is 1. The molecule has 2 aromatic rings. The van der Waals surface area contributed by atoms with Gasteiger partial charge in [-0.1, -0.05) is 18.7 Å². The molecule has 3 N–H and O–H groups in total. The lowest BCUT2D eigenvalue weighted by atomic mass is 10.1. The Kier molecular flexibility index (Phi) is 9.35. The number of nitrogens with one attached hydrogen (secondary N) is 1. The molecule has 1 aliphatic heterocycles. The summed E-state index contributed by atoms with van der Waals surface area (Å²) in [7, 11) is 1.46. The number of piperidine rings is 1. The van der Waals surface area contributed by atoms with Crippen LogP contribution < -0.4 is 15.8 Å². The highest BCUT2D eigenvalue weighted by Crippen LogP contribution is 2.38. The van der Waals surface area contributed by atoms with Gasteiger partial charge in [-0.2, -0.15) is 0 Å². The number of rotatable bonds is 8. The van der Waals surface area contributed by atoms with Crippen LogP contribution in [0.5, 0.6) is 5.75 Å². The zero-order chi connectivity index (χ0) is 26.1. The van der Waals surface area contributed by atoms with Crippen molar-refractivity contribution in [2.45, 2.75) is 39.0 Å². The molecule has 0 atom stereocenters. The molecule has 0 bridgehead atoms. The Balaban J connectivity index is 0.00000176. The minimum atomic E-state index is -0.436. The number of allylic oxidation sites excluding steroid dienone is 4. The predicted molar refractivity (Wildman–Crippen MR) is 147 cm³/mol. The molecule has 5 nitrogen and oxygen atoms in total. The van der Waals surface area contributed by atoms with Crippen LogP contribution in [-0.4, -0.2) is 30.1 Å². The molecule has 188 valence electrons. The molecule has 1 saturated heterocycles. The number of hydrogen-bond donors (Lipinski definition) is 2. The average molecular weight is 487 g/mol.